The zero-order valence-electron chi connectivity index (χ0n) is 12.1. The van der Waals surface area contributed by atoms with Crippen LogP contribution >= 0.6 is 0 Å². The van der Waals surface area contributed by atoms with E-state index in [0.29, 0.717) is 5.75 Å². The van der Waals surface area contributed by atoms with E-state index in [1.54, 1.807) is 12.1 Å². The molecular formula is C16H18N2O3. The molecule has 0 saturated carbocycles. The molecule has 110 valence electrons. The van der Waals surface area contributed by atoms with Crippen LogP contribution in [0.2, 0.25) is 0 Å². The van der Waals surface area contributed by atoms with Crippen molar-refractivity contribution in [1.29, 1.82) is 0 Å². The molecule has 0 spiro atoms. The fourth-order valence-electron chi connectivity index (χ4n) is 1.93. The van der Waals surface area contributed by atoms with Crippen molar-refractivity contribution >= 4 is 5.69 Å². The Balaban J connectivity index is 2.16. The topological polar surface area (TPSA) is 64.4 Å². The van der Waals surface area contributed by atoms with Crippen LogP contribution in [0.15, 0.2) is 42.5 Å². The van der Waals surface area contributed by atoms with Crippen LogP contribution in [0.3, 0.4) is 0 Å². The van der Waals surface area contributed by atoms with Gasteiger partial charge < -0.3 is 10.1 Å². The molecule has 0 unspecified atom stereocenters. The summed E-state index contributed by atoms with van der Waals surface area (Å²) < 4.78 is 5.62. The molecular weight excluding hydrogens is 268 g/mol. The second-order valence-electron chi connectivity index (χ2n) is 4.75. The van der Waals surface area contributed by atoms with E-state index in [-0.39, 0.29) is 11.4 Å². The highest BCUT2D eigenvalue weighted by atomic mass is 16.6. The minimum atomic E-state index is -0.429. The molecule has 1 N–H and O–H groups in total. The van der Waals surface area contributed by atoms with Gasteiger partial charge in [0.15, 0.2) is 0 Å². The lowest BCUT2D eigenvalue weighted by Crippen LogP contribution is -2.11. The summed E-state index contributed by atoms with van der Waals surface area (Å²) in [5.41, 5.74) is 1.95. The van der Waals surface area contributed by atoms with Gasteiger partial charge >= 0.3 is 5.69 Å². The minimum Gasteiger partial charge on any atom is -0.450 e. The summed E-state index contributed by atoms with van der Waals surface area (Å²) in [4.78, 5) is 10.6. The van der Waals surface area contributed by atoms with Gasteiger partial charge in [0.2, 0.25) is 5.75 Å². The van der Waals surface area contributed by atoms with Crippen molar-refractivity contribution in [1.82, 2.24) is 5.32 Å². The molecule has 2 rings (SSSR count). The number of nitro groups is 1. The predicted octanol–water partition coefficient (Wildman–Crippen LogP) is 3.81. The molecule has 0 bridgehead atoms. The Kier molecular flexibility index (Phi) is 4.90. The van der Waals surface area contributed by atoms with Crippen LogP contribution in [0.4, 0.5) is 5.69 Å². The van der Waals surface area contributed by atoms with Crippen molar-refractivity contribution in [3.8, 4) is 11.5 Å². The van der Waals surface area contributed by atoms with Crippen molar-refractivity contribution in [2.75, 3.05) is 6.54 Å². The van der Waals surface area contributed by atoms with Gasteiger partial charge in [-0.3, -0.25) is 10.1 Å². The zero-order chi connectivity index (χ0) is 15.2. The molecule has 0 amide bonds. The van der Waals surface area contributed by atoms with E-state index in [0.717, 1.165) is 24.2 Å². The largest absolute Gasteiger partial charge is 0.450 e. The summed E-state index contributed by atoms with van der Waals surface area (Å²) in [6.07, 6.45) is 0. The molecule has 0 aliphatic heterocycles. The second-order valence-corrected chi connectivity index (χ2v) is 4.75. The molecule has 21 heavy (non-hydrogen) atoms. The first-order valence-electron chi connectivity index (χ1n) is 6.82. The van der Waals surface area contributed by atoms with Gasteiger partial charge in [-0.15, -0.1) is 0 Å². The molecule has 0 aromatic heterocycles. The third-order valence-electron chi connectivity index (χ3n) is 3.04. The third kappa shape index (κ3) is 4.03. The highest BCUT2D eigenvalue weighted by Gasteiger charge is 2.15. The predicted molar refractivity (Wildman–Crippen MR) is 81.7 cm³/mol. The van der Waals surface area contributed by atoms with E-state index in [2.05, 4.69) is 5.32 Å². The Morgan fingerprint density at radius 3 is 2.52 bits per heavy atom. The lowest BCUT2D eigenvalue weighted by Gasteiger charge is -2.08. The van der Waals surface area contributed by atoms with Gasteiger partial charge in [-0.2, -0.15) is 0 Å². The summed E-state index contributed by atoms with van der Waals surface area (Å²) in [5.74, 6) is 0.840. The van der Waals surface area contributed by atoms with Crippen LogP contribution in [-0.2, 0) is 6.54 Å². The van der Waals surface area contributed by atoms with Gasteiger partial charge in [0, 0.05) is 12.6 Å². The average molecular weight is 286 g/mol. The Morgan fingerprint density at radius 1 is 1.19 bits per heavy atom. The molecule has 2 aromatic rings. The maximum absolute atomic E-state index is 11.1. The number of rotatable bonds is 6. The first-order valence-corrected chi connectivity index (χ1v) is 6.82. The summed E-state index contributed by atoms with van der Waals surface area (Å²) in [5, 5.41) is 14.3. The Bertz CT molecular complexity index is 624. The van der Waals surface area contributed by atoms with Crippen LogP contribution in [-0.4, -0.2) is 11.5 Å². The van der Waals surface area contributed by atoms with Gasteiger partial charge in [-0.25, -0.2) is 0 Å². The van der Waals surface area contributed by atoms with E-state index < -0.39 is 4.92 Å². The van der Waals surface area contributed by atoms with Crippen molar-refractivity contribution in [3.05, 3.63) is 63.7 Å². The highest BCUT2D eigenvalue weighted by Crippen LogP contribution is 2.32. The van der Waals surface area contributed by atoms with Crippen molar-refractivity contribution in [2.45, 2.75) is 20.4 Å². The number of hydrogen-bond acceptors (Lipinski definition) is 4. The van der Waals surface area contributed by atoms with Gasteiger partial charge in [0.25, 0.3) is 0 Å². The minimum absolute atomic E-state index is 0.0215. The summed E-state index contributed by atoms with van der Waals surface area (Å²) in [6, 6.07) is 12.4. The molecule has 0 saturated heterocycles. The van der Waals surface area contributed by atoms with Gasteiger partial charge in [-0.05, 0) is 42.8 Å². The zero-order valence-corrected chi connectivity index (χ0v) is 12.1. The van der Waals surface area contributed by atoms with Crippen LogP contribution < -0.4 is 10.1 Å². The van der Waals surface area contributed by atoms with E-state index in [4.69, 9.17) is 4.74 Å². The molecule has 0 radical (unpaired) electrons. The smallest absolute Gasteiger partial charge is 0.311 e. The molecule has 0 fully saturated rings. The summed E-state index contributed by atoms with van der Waals surface area (Å²) in [7, 11) is 0. The van der Waals surface area contributed by atoms with Crippen molar-refractivity contribution in [3.63, 3.8) is 0 Å². The molecule has 2 aromatic carbocycles. The third-order valence-corrected chi connectivity index (χ3v) is 3.04. The average Bonchev–Trinajstić information content (AvgIpc) is 2.48. The molecule has 5 nitrogen and oxygen atoms in total. The van der Waals surface area contributed by atoms with Gasteiger partial charge in [-0.1, -0.05) is 25.1 Å². The van der Waals surface area contributed by atoms with Crippen LogP contribution in [0, 0.1) is 17.0 Å². The van der Waals surface area contributed by atoms with E-state index in [1.165, 1.54) is 6.07 Å². The van der Waals surface area contributed by atoms with Crippen LogP contribution in [0.25, 0.3) is 0 Å². The van der Waals surface area contributed by atoms with Gasteiger partial charge in [0.1, 0.15) is 5.75 Å². The first-order chi connectivity index (χ1) is 10.1. The Labute approximate surface area is 123 Å². The number of nitrogens with one attached hydrogen (secondary N) is 1. The van der Waals surface area contributed by atoms with Crippen LogP contribution in [0.5, 0.6) is 11.5 Å². The van der Waals surface area contributed by atoms with Gasteiger partial charge in [0.05, 0.1) is 4.92 Å². The number of nitrogens with zero attached hydrogens (tertiary/aromatic N) is 1. The van der Waals surface area contributed by atoms with Crippen molar-refractivity contribution < 1.29 is 9.66 Å². The normalized spacial score (nSPS) is 10.4. The molecule has 5 heteroatoms. The summed E-state index contributed by atoms with van der Waals surface area (Å²) >= 11 is 0. The Morgan fingerprint density at radius 2 is 1.90 bits per heavy atom. The first kappa shape index (κ1) is 15.0. The maximum Gasteiger partial charge on any atom is 0.311 e. The number of hydrogen-bond donors (Lipinski definition) is 1. The number of benzene rings is 2. The molecule has 0 heterocycles. The van der Waals surface area contributed by atoms with E-state index in [1.807, 2.05) is 38.1 Å². The monoisotopic (exact) mass is 286 g/mol. The lowest BCUT2D eigenvalue weighted by molar-refractivity contribution is -0.385. The second kappa shape index (κ2) is 6.85. The van der Waals surface area contributed by atoms with Crippen LogP contribution in [0.1, 0.15) is 18.1 Å². The lowest BCUT2D eigenvalue weighted by atomic mass is 10.2. The number of ether oxygens (including phenoxy) is 1. The quantitative estimate of drug-likeness (QED) is 0.648. The molecule has 0 aliphatic carbocycles. The SMILES string of the molecule is CCNCc1ccc(Oc2ccc(C)cc2[N+](=O)[O-])cc1. The van der Waals surface area contributed by atoms with Crippen molar-refractivity contribution in [2.24, 2.45) is 0 Å². The number of nitro benzene ring substituents is 1. The Hall–Kier alpha value is -2.40. The fraction of sp³-hybridized carbons (Fsp3) is 0.250. The number of aryl methyl sites for hydroxylation is 1. The fourth-order valence-corrected chi connectivity index (χ4v) is 1.93. The standard InChI is InChI=1S/C16H18N2O3/c1-3-17-11-13-5-7-14(8-6-13)21-16-9-4-12(2)10-15(16)18(19)20/h4-10,17H,3,11H2,1-2H3. The maximum atomic E-state index is 11.1. The molecule has 0 atom stereocenters. The molecule has 0 aliphatic rings. The van der Waals surface area contributed by atoms with E-state index >= 15 is 0 Å². The van der Waals surface area contributed by atoms with E-state index in [9.17, 15) is 10.1 Å². The summed E-state index contributed by atoms with van der Waals surface area (Å²) in [6.45, 7) is 5.57. The highest BCUT2D eigenvalue weighted by molar-refractivity contribution is 5.50.